The van der Waals surface area contributed by atoms with Crippen LogP contribution in [0, 0.1) is 26.7 Å². The SMILES string of the molecule is CCCCN(CCC)C(=O)CN=C1CCC/C1=C(/N)C(=O)N1CCC(CCO)C1.Cc1cccc(C)c1C. The van der Waals surface area contributed by atoms with Crippen LogP contribution < -0.4 is 5.73 Å². The van der Waals surface area contributed by atoms with Crippen molar-refractivity contribution >= 4 is 17.5 Å². The number of benzene rings is 1. The van der Waals surface area contributed by atoms with Crippen molar-refractivity contribution in [2.24, 2.45) is 16.6 Å². The molecule has 1 aliphatic carbocycles. The molecular formula is C31H50N4O3. The van der Waals surface area contributed by atoms with Gasteiger partial charge in [0.2, 0.25) is 5.91 Å². The molecule has 212 valence electrons. The number of nitrogens with two attached hydrogens (primary N) is 1. The van der Waals surface area contributed by atoms with Crippen LogP contribution in [0.4, 0.5) is 0 Å². The Hall–Kier alpha value is -2.67. The van der Waals surface area contributed by atoms with Gasteiger partial charge in [-0.25, -0.2) is 0 Å². The average molecular weight is 527 g/mol. The Bertz CT molecular complexity index is 965. The van der Waals surface area contributed by atoms with E-state index in [0.29, 0.717) is 19.0 Å². The molecule has 0 radical (unpaired) electrons. The Morgan fingerprint density at radius 3 is 2.42 bits per heavy atom. The van der Waals surface area contributed by atoms with Gasteiger partial charge in [0.05, 0.1) is 0 Å². The maximum absolute atomic E-state index is 12.8. The Morgan fingerprint density at radius 1 is 1.11 bits per heavy atom. The van der Waals surface area contributed by atoms with Crippen molar-refractivity contribution < 1.29 is 14.7 Å². The van der Waals surface area contributed by atoms with E-state index in [-0.39, 0.29) is 30.7 Å². The standard InChI is InChI=1S/C22H38N4O3.C9H12/c1-3-5-12-25(11-4-2)20(28)15-24-19-8-6-7-18(19)21(23)22(29)26-13-9-17(16-26)10-14-27;1-7-5-4-6-8(2)9(7)3/h17,27H,3-16,23H2,1-2H3;4-6H,1-3H3/b21-18-,24-19?;. The van der Waals surface area contributed by atoms with E-state index in [2.05, 4.69) is 57.8 Å². The first-order chi connectivity index (χ1) is 18.2. The summed E-state index contributed by atoms with van der Waals surface area (Å²) in [6.07, 6.45) is 7.06. The smallest absolute Gasteiger partial charge is 0.270 e. The number of hydrogen-bond donors (Lipinski definition) is 2. The summed E-state index contributed by atoms with van der Waals surface area (Å²) < 4.78 is 0. The Kier molecular flexibility index (Phi) is 13.6. The number of allylic oxidation sites excluding steroid dienone is 1. The second-order valence-corrected chi connectivity index (χ2v) is 10.7. The number of carbonyl (C=O) groups is 2. The molecule has 1 saturated carbocycles. The fraction of sp³-hybridized carbons (Fsp3) is 0.645. The van der Waals surface area contributed by atoms with Gasteiger partial charge in [-0.15, -0.1) is 0 Å². The molecule has 1 heterocycles. The van der Waals surface area contributed by atoms with E-state index >= 15 is 0 Å². The molecule has 1 aliphatic heterocycles. The molecule has 1 saturated heterocycles. The minimum absolute atomic E-state index is 0.0512. The van der Waals surface area contributed by atoms with Crippen LogP contribution in [0.3, 0.4) is 0 Å². The number of likely N-dealkylation sites (tertiary alicyclic amines) is 1. The lowest BCUT2D eigenvalue weighted by Gasteiger charge is -2.21. The number of unbranched alkanes of at least 4 members (excludes halogenated alkanes) is 1. The summed E-state index contributed by atoms with van der Waals surface area (Å²) in [5, 5.41) is 9.11. The predicted octanol–water partition coefficient (Wildman–Crippen LogP) is 4.71. The number of rotatable bonds is 10. The molecule has 0 bridgehead atoms. The number of hydrogen-bond acceptors (Lipinski definition) is 5. The second kappa shape index (κ2) is 16.3. The molecule has 3 rings (SSSR count). The van der Waals surface area contributed by atoms with Gasteiger partial charge in [0, 0.05) is 44.1 Å². The van der Waals surface area contributed by atoms with Crippen molar-refractivity contribution in [1.82, 2.24) is 9.80 Å². The van der Waals surface area contributed by atoms with E-state index in [0.717, 1.165) is 75.7 Å². The van der Waals surface area contributed by atoms with E-state index in [1.165, 1.54) is 16.7 Å². The second-order valence-electron chi connectivity index (χ2n) is 10.7. The first-order valence-electron chi connectivity index (χ1n) is 14.5. The minimum Gasteiger partial charge on any atom is -0.396 e. The Balaban J connectivity index is 0.000000474. The van der Waals surface area contributed by atoms with Crippen LogP contribution in [0.5, 0.6) is 0 Å². The summed E-state index contributed by atoms with van der Waals surface area (Å²) >= 11 is 0. The van der Waals surface area contributed by atoms with Crippen LogP contribution in [-0.4, -0.2) is 71.8 Å². The maximum Gasteiger partial charge on any atom is 0.270 e. The molecule has 7 nitrogen and oxygen atoms in total. The van der Waals surface area contributed by atoms with Gasteiger partial charge in [-0.2, -0.15) is 0 Å². The van der Waals surface area contributed by atoms with Crippen LogP contribution in [0.25, 0.3) is 0 Å². The third kappa shape index (κ3) is 9.26. The highest BCUT2D eigenvalue weighted by molar-refractivity contribution is 6.09. The first kappa shape index (κ1) is 31.5. The zero-order valence-corrected chi connectivity index (χ0v) is 24.4. The zero-order chi connectivity index (χ0) is 28.1. The number of aliphatic hydroxyl groups excluding tert-OH is 1. The highest BCUT2D eigenvalue weighted by Gasteiger charge is 2.30. The lowest BCUT2D eigenvalue weighted by molar-refractivity contribution is -0.129. The summed E-state index contributed by atoms with van der Waals surface area (Å²) in [6.45, 7) is 13.8. The quantitative estimate of drug-likeness (QED) is 0.432. The van der Waals surface area contributed by atoms with Crippen molar-refractivity contribution in [2.75, 3.05) is 39.3 Å². The van der Waals surface area contributed by atoms with Gasteiger partial charge in [0.1, 0.15) is 12.2 Å². The summed E-state index contributed by atoms with van der Waals surface area (Å²) in [4.78, 5) is 33.7. The number of aryl methyl sites for hydroxylation is 2. The first-order valence-corrected chi connectivity index (χ1v) is 14.5. The van der Waals surface area contributed by atoms with Crippen molar-refractivity contribution in [2.45, 2.75) is 86.0 Å². The molecule has 1 atom stereocenters. The summed E-state index contributed by atoms with van der Waals surface area (Å²) in [5.41, 5.74) is 12.4. The highest BCUT2D eigenvalue weighted by atomic mass is 16.3. The van der Waals surface area contributed by atoms with E-state index in [1.807, 2.05) is 4.90 Å². The number of aliphatic hydroxyl groups is 1. The summed E-state index contributed by atoms with van der Waals surface area (Å²) in [7, 11) is 0. The molecule has 1 unspecified atom stereocenters. The molecule has 0 spiro atoms. The van der Waals surface area contributed by atoms with Crippen LogP contribution in [-0.2, 0) is 9.59 Å². The monoisotopic (exact) mass is 526 g/mol. The molecule has 1 aromatic carbocycles. The number of nitrogens with zero attached hydrogens (tertiary/aromatic N) is 3. The normalized spacial score (nSPS) is 19.4. The van der Waals surface area contributed by atoms with Crippen molar-refractivity contribution in [3.63, 3.8) is 0 Å². The third-order valence-electron chi connectivity index (χ3n) is 7.76. The molecule has 38 heavy (non-hydrogen) atoms. The van der Waals surface area contributed by atoms with Gasteiger partial charge in [0.15, 0.2) is 0 Å². The Labute approximate surface area is 230 Å². The minimum atomic E-state index is -0.128. The molecule has 1 aromatic rings. The number of carbonyl (C=O) groups excluding carboxylic acids is 2. The van der Waals surface area contributed by atoms with Gasteiger partial charge in [-0.3, -0.25) is 14.6 Å². The molecule has 2 aliphatic rings. The molecular weight excluding hydrogens is 476 g/mol. The van der Waals surface area contributed by atoms with Gasteiger partial charge >= 0.3 is 0 Å². The lowest BCUT2D eigenvalue weighted by Crippen LogP contribution is -2.35. The van der Waals surface area contributed by atoms with Crippen molar-refractivity contribution in [3.8, 4) is 0 Å². The fourth-order valence-electron chi connectivity index (χ4n) is 5.07. The average Bonchev–Trinajstić information content (AvgIpc) is 3.58. The number of aliphatic imine (C=N–C) groups is 1. The molecule has 2 fully saturated rings. The topological polar surface area (TPSA) is 99.2 Å². The summed E-state index contributed by atoms with van der Waals surface area (Å²) in [6, 6.07) is 6.38. The van der Waals surface area contributed by atoms with Crippen LogP contribution in [0.15, 0.2) is 34.5 Å². The largest absolute Gasteiger partial charge is 0.396 e. The molecule has 7 heteroatoms. The summed E-state index contributed by atoms with van der Waals surface area (Å²) in [5.74, 6) is 0.274. The predicted molar refractivity (Wildman–Crippen MR) is 156 cm³/mol. The van der Waals surface area contributed by atoms with Crippen LogP contribution in [0.1, 0.15) is 81.9 Å². The van der Waals surface area contributed by atoms with E-state index in [4.69, 9.17) is 10.8 Å². The van der Waals surface area contributed by atoms with Crippen LogP contribution in [0.2, 0.25) is 0 Å². The van der Waals surface area contributed by atoms with E-state index in [1.54, 1.807) is 4.90 Å². The maximum atomic E-state index is 12.8. The fourth-order valence-corrected chi connectivity index (χ4v) is 5.07. The van der Waals surface area contributed by atoms with Crippen molar-refractivity contribution in [1.29, 1.82) is 0 Å². The van der Waals surface area contributed by atoms with E-state index < -0.39 is 0 Å². The lowest BCUT2D eigenvalue weighted by atomic mass is 10.1. The number of amides is 2. The van der Waals surface area contributed by atoms with Gasteiger partial charge < -0.3 is 20.6 Å². The zero-order valence-electron chi connectivity index (χ0n) is 24.4. The van der Waals surface area contributed by atoms with Gasteiger partial charge in [-0.05, 0) is 88.3 Å². The highest BCUT2D eigenvalue weighted by Crippen LogP contribution is 2.26. The van der Waals surface area contributed by atoms with E-state index in [9.17, 15) is 9.59 Å². The van der Waals surface area contributed by atoms with Gasteiger partial charge in [-0.1, -0.05) is 38.5 Å². The van der Waals surface area contributed by atoms with Crippen molar-refractivity contribution in [3.05, 3.63) is 46.2 Å². The third-order valence-corrected chi connectivity index (χ3v) is 7.76. The molecule has 2 amide bonds. The Morgan fingerprint density at radius 2 is 1.82 bits per heavy atom. The van der Waals surface area contributed by atoms with Gasteiger partial charge in [0.25, 0.3) is 5.91 Å². The van der Waals surface area contributed by atoms with Crippen LogP contribution >= 0.6 is 0 Å². The molecule has 3 N–H and O–H groups in total. The molecule has 0 aromatic heterocycles.